The zero-order valence-electron chi connectivity index (χ0n) is 9.68. The van der Waals surface area contributed by atoms with Gasteiger partial charge in [0, 0.05) is 17.3 Å². The molecule has 0 fully saturated rings. The van der Waals surface area contributed by atoms with Crippen molar-refractivity contribution >= 4 is 27.4 Å². The van der Waals surface area contributed by atoms with E-state index in [-0.39, 0.29) is 10.2 Å². The first-order valence-corrected chi connectivity index (χ1v) is 6.04. The van der Waals surface area contributed by atoms with E-state index in [2.05, 4.69) is 15.9 Å². The van der Waals surface area contributed by atoms with Gasteiger partial charge in [0.25, 0.3) is 0 Å². The molecular formula is C13H6BrF4NO. The van der Waals surface area contributed by atoms with E-state index >= 15 is 0 Å². The number of ketones is 1. The number of nitrogen functional groups attached to an aromatic ring is 1. The molecule has 104 valence electrons. The van der Waals surface area contributed by atoms with E-state index in [0.717, 1.165) is 6.07 Å². The van der Waals surface area contributed by atoms with E-state index in [9.17, 15) is 22.4 Å². The summed E-state index contributed by atoms with van der Waals surface area (Å²) in [5.41, 5.74) is 3.97. The summed E-state index contributed by atoms with van der Waals surface area (Å²) >= 11 is 2.76. The number of carbonyl (C=O) groups is 1. The van der Waals surface area contributed by atoms with E-state index in [1.165, 1.54) is 0 Å². The summed E-state index contributed by atoms with van der Waals surface area (Å²) in [6.45, 7) is 0. The predicted octanol–water partition coefficient (Wildman–Crippen LogP) is 3.82. The first-order valence-electron chi connectivity index (χ1n) is 5.25. The Bertz CT molecular complexity index is 659. The first-order chi connectivity index (χ1) is 9.31. The minimum absolute atomic E-state index is 0.162. The van der Waals surface area contributed by atoms with Gasteiger partial charge in [-0.1, -0.05) is 0 Å². The zero-order valence-corrected chi connectivity index (χ0v) is 11.3. The monoisotopic (exact) mass is 347 g/mol. The van der Waals surface area contributed by atoms with Gasteiger partial charge in [0.05, 0.1) is 10.0 Å². The number of halogens is 5. The van der Waals surface area contributed by atoms with Gasteiger partial charge < -0.3 is 5.73 Å². The van der Waals surface area contributed by atoms with Crippen molar-refractivity contribution in [3.8, 4) is 0 Å². The number of benzene rings is 2. The number of hydrogen-bond donors (Lipinski definition) is 1. The van der Waals surface area contributed by atoms with E-state index in [0.29, 0.717) is 18.2 Å². The number of rotatable bonds is 2. The number of carbonyl (C=O) groups excluding carboxylic acids is 1. The van der Waals surface area contributed by atoms with Crippen LogP contribution in [-0.2, 0) is 0 Å². The average molecular weight is 348 g/mol. The van der Waals surface area contributed by atoms with Gasteiger partial charge >= 0.3 is 0 Å². The van der Waals surface area contributed by atoms with Crippen LogP contribution in [0.3, 0.4) is 0 Å². The molecule has 0 amide bonds. The third-order valence-corrected chi connectivity index (χ3v) is 3.20. The lowest BCUT2D eigenvalue weighted by Crippen LogP contribution is -2.09. The van der Waals surface area contributed by atoms with E-state index < -0.39 is 40.2 Å². The second-order valence-corrected chi connectivity index (χ2v) is 4.78. The fourth-order valence-corrected chi connectivity index (χ4v) is 1.92. The van der Waals surface area contributed by atoms with Crippen LogP contribution in [0.25, 0.3) is 0 Å². The molecule has 0 unspecified atom stereocenters. The largest absolute Gasteiger partial charge is 0.398 e. The molecule has 0 atom stereocenters. The van der Waals surface area contributed by atoms with Crippen LogP contribution in [0, 0.1) is 23.3 Å². The molecule has 0 radical (unpaired) electrons. The molecule has 0 saturated carbocycles. The van der Waals surface area contributed by atoms with Crippen molar-refractivity contribution in [3.63, 3.8) is 0 Å². The van der Waals surface area contributed by atoms with Gasteiger partial charge in [-0.25, -0.2) is 17.6 Å². The van der Waals surface area contributed by atoms with E-state index in [1.54, 1.807) is 0 Å². The van der Waals surface area contributed by atoms with Crippen LogP contribution >= 0.6 is 15.9 Å². The van der Waals surface area contributed by atoms with Crippen molar-refractivity contribution in [2.24, 2.45) is 0 Å². The smallest absolute Gasteiger partial charge is 0.198 e. The van der Waals surface area contributed by atoms with Crippen molar-refractivity contribution < 1.29 is 22.4 Å². The Hall–Kier alpha value is -1.89. The maximum absolute atomic E-state index is 13.7. The van der Waals surface area contributed by atoms with Crippen molar-refractivity contribution in [1.29, 1.82) is 0 Å². The Morgan fingerprint density at radius 1 is 0.850 bits per heavy atom. The maximum Gasteiger partial charge on any atom is 0.198 e. The SMILES string of the molecule is Nc1cc(F)c(F)cc1C(=O)c1cc(F)c(Br)cc1F. The van der Waals surface area contributed by atoms with Gasteiger partial charge in [0.1, 0.15) is 11.6 Å². The summed E-state index contributed by atoms with van der Waals surface area (Å²) in [6.07, 6.45) is 0. The van der Waals surface area contributed by atoms with Crippen molar-refractivity contribution in [2.45, 2.75) is 0 Å². The van der Waals surface area contributed by atoms with Crippen LogP contribution in [0.1, 0.15) is 15.9 Å². The maximum atomic E-state index is 13.7. The lowest BCUT2D eigenvalue weighted by molar-refractivity contribution is 0.103. The quantitative estimate of drug-likeness (QED) is 0.388. The fourth-order valence-electron chi connectivity index (χ4n) is 1.60. The number of nitrogens with two attached hydrogens (primary N) is 1. The summed E-state index contributed by atoms with van der Waals surface area (Å²) in [7, 11) is 0. The average Bonchev–Trinajstić information content (AvgIpc) is 2.37. The third kappa shape index (κ3) is 2.53. The summed E-state index contributed by atoms with van der Waals surface area (Å²) in [4.78, 5) is 12.0. The second-order valence-electron chi connectivity index (χ2n) is 3.93. The highest BCUT2D eigenvalue weighted by Crippen LogP contribution is 2.25. The molecule has 7 heteroatoms. The third-order valence-electron chi connectivity index (χ3n) is 2.59. The molecule has 2 rings (SSSR count). The topological polar surface area (TPSA) is 43.1 Å². The lowest BCUT2D eigenvalue weighted by Gasteiger charge is -2.07. The fraction of sp³-hybridized carbons (Fsp3) is 0. The van der Waals surface area contributed by atoms with Gasteiger partial charge in [0.15, 0.2) is 17.4 Å². The lowest BCUT2D eigenvalue weighted by atomic mass is 10.0. The molecule has 0 heterocycles. The molecule has 0 aliphatic rings. The molecule has 0 aliphatic heterocycles. The first kappa shape index (κ1) is 14.5. The molecular weight excluding hydrogens is 342 g/mol. The molecule has 20 heavy (non-hydrogen) atoms. The summed E-state index contributed by atoms with van der Waals surface area (Å²) in [5.74, 6) is -5.45. The molecule has 2 aromatic rings. The Balaban J connectivity index is 2.57. The summed E-state index contributed by atoms with van der Waals surface area (Å²) < 4.78 is 52.9. The van der Waals surface area contributed by atoms with Crippen LogP contribution in [0.4, 0.5) is 23.2 Å². The Morgan fingerprint density at radius 2 is 1.40 bits per heavy atom. The van der Waals surface area contributed by atoms with E-state index in [1.807, 2.05) is 0 Å². The van der Waals surface area contributed by atoms with Crippen LogP contribution in [0.15, 0.2) is 28.7 Å². The predicted molar refractivity (Wildman–Crippen MR) is 68.3 cm³/mol. The Labute approximate surface area is 119 Å². The summed E-state index contributed by atoms with van der Waals surface area (Å²) in [6, 6.07) is 2.57. The van der Waals surface area contributed by atoms with Gasteiger partial charge in [-0.2, -0.15) is 0 Å². The molecule has 0 aromatic heterocycles. The van der Waals surface area contributed by atoms with Gasteiger partial charge in [-0.3, -0.25) is 4.79 Å². The van der Waals surface area contributed by atoms with Crippen molar-refractivity contribution in [3.05, 3.63) is 63.1 Å². The van der Waals surface area contributed by atoms with Crippen molar-refractivity contribution in [2.75, 3.05) is 5.73 Å². The zero-order chi connectivity index (χ0) is 15.0. The second kappa shape index (κ2) is 5.24. The highest BCUT2D eigenvalue weighted by atomic mass is 79.9. The molecule has 0 spiro atoms. The Kier molecular flexibility index (Phi) is 3.80. The molecule has 2 aromatic carbocycles. The van der Waals surface area contributed by atoms with Crippen LogP contribution in [0.5, 0.6) is 0 Å². The van der Waals surface area contributed by atoms with Gasteiger partial charge in [-0.05, 0) is 34.1 Å². The number of anilines is 1. The standard InChI is InChI=1S/C13H6BrF4NO/c14-7-3-8(15)5(1-9(7)16)13(20)6-2-10(17)11(18)4-12(6)19/h1-4H,19H2. The molecule has 2 nitrogen and oxygen atoms in total. The van der Waals surface area contributed by atoms with Gasteiger partial charge in [-0.15, -0.1) is 0 Å². The van der Waals surface area contributed by atoms with Crippen LogP contribution in [0.2, 0.25) is 0 Å². The van der Waals surface area contributed by atoms with Crippen LogP contribution < -0.4 is 5.73 Å². The minimum atomic E-state index is -1.31. The summed E-state index contributed by atoms with van der Waals surface area (Å²) in [5, 5.41) is 0. The molecule has 0 bridgehead atoms. The Morgan fingerprint density at radius 3 is 2.05 bits per heavy atom. The highest BCUT2D eigenvalue weighted by Gasteiger charge is 2.20. The number of hydrogen-bond acceptors (Lipinski definition) is 2. The van der Waals surface area contributed by atoms with Crippen molar-refractivity contribution in [1.82, 2.24) is 0 Å². The van der Waals surface area contributed by atoms with Crippen LogP contribution in [-0.4, -0.2) is 5.78 Å². The molecule has 2 N–H and O–H groups in total. The van der Waals surface area contributed by atoms with Gasteiger partial charge in [0.2, 0.25) is 0 Å². The molecule has 0 saturated heterocycles. The highest BCUT2D eigenvalue weighted by molar-refractivity contribution is 9.10. The molecule has 0 aliphatic carbocycles. The minimum Gasteiger partial charge on any atom is -0.398 e. The van der Waals surface area contributed by atoms with E-state index in [4.69, 9.17) is 5.73 Å². The normalized spacial score (nSPS) is 10.7.